The number of nitrogens with one attached hydrogen (secondary N) is 1. The molecule has 0 spiro atoms. The first-order chi connectivity index (χ1) is 14.0. The zero-order valence-corrected chi connectivity index (χ0v) is 17.1. The van der Waals surface area contributed by atoms with Crippen molar-refractivity contribution in [2.24, 2.45) is 0 Å². The van der Waals surface area contributed by atoms with Crippen LogP contribution in [-0.2, 0) is 10.0 Å². The van der Waals surface area contributed by atoms with Gasteiger partial charge in [-0.3, -0.25) is 19.5 Å². The first-order valence-corrected chi connectivity index (χ1v) is 11.1. The van der Waals surface area contributed by atoms with Crippen LogP contribution in [0.5, 0.6) is 0 Å². The van der Waals surface area contributed by atoms with Gasteiger partial charge in [-0.1, -0.05) is 17.7 Å². The minimum atomic E-state index is -4.03. The van der Waals surface area contributed by atoms with Crippen molar-refractivity contribution in [3.8, 4) is 0 Å². The number of rotatable bonds is 4. The molecule has 0 unspecified atom stereocenters. The number of carbonyl (C=O) groups excluding carboxylic acids is 1. The third-order valence-electron chi connectivity index (χ3n) is 4.85. The number of sulfonamides is 1. The number of para-hydroxylation sites is 1. The zero-order valence-electron chi connectivity index (χ0n) is 15.5. The highest BCUT2D eigenvalue weighted by atomic mass is 35.5. The number of halogens is 1. The maximum absolute atomic E-state index is 13.1. The second kappa shape index (κ2) is 7.96. The highest BCUT2D eigenvalue weighted by molar-refractivity contribution is 7.93. The maximum Gasteiger partial charge on any atom is 0.264 e. The average Bonchev–Trinajstić information content (AvgIpc) is 2.73. The number of carbonyl (C=O) groups is 1. The summed E-state index contributed by atoms with van der Waals surface area (Å²) in [6.45, 7) is 1.32. The highest BCUT2D eigenvalue weighted by Crippen LogP contribution is 2.28. The van der Waals surface area contributed by atoms with Crippen molar-refractivity contribution < 1.29 is 13.2 Å². The fraction of sp³-hybridized carbons (Fsp3) is 0.250. The van der Waals surface area contributed by atoms with Crippen LogP contribution in [0.2, 0.25) is 5.02 Å². The Morgan fingerprint density at radius 1 is 1.03 bits per heavy atom. The predicted molar refractivity (Wildman–Crippen MR) is 112 cm³/mol. The van der Waals surface area contributed by atoms with Crippen LogP contribution in [0.4, 0.5) is 5.69 Å². The summed E-state index contributed by atoms with van der Waals surface area (Å²) >= 11 is 6.10. The Labute approximate surface area is 173 Å². The molecule has 29 heavy (non-hydrogen) atoms. The summed E-state index contributed by atoms with van der Waals surface area (Å²) in [7, 11) is -4.03. The molecule has 4 rings (SSSR count). The Balaban J connectivity index is 1.73. The van der Waals surface area contributed by atoms with Crippen LogP contribution in [-0.4, -0.2) is 42.3 Å². The van der Waals surface area contributed by atoms with Crippen molar-refractivity contribution in [1.82, 2.24) is 14.9 Å². The van der Waals surface area contributed by atoms with E-state index in [1.807, 2.05) is 0 Å². The van der Waals surface area contributed by atoms with Crippen molar-refractivity contribution in [1.29, 1.82) is 0 Å². The Bertz CT molecular complexity index is 1170. The van der Waals surface area contributed by atoms with Gasteiger partial charge in [0.1, 0.15) is 10.4 Å². The second-order valence-corrected chi connectivity index (χ2v) is 8.92. The molecular formula is C20H19ClN4O3S. The molecule has 1 aromatic heterocycles. The van der Waals surface area contributed by atoms with Gasteiger partial charge in [0, 0.05) is 30.5 Å². The zero-order chi connectivity index (χ0) is 20.4. The fourth-order valence-corrected chi connectivity index (χ4v) is 4.85. The van der Waals surface area contributed by atoms with Crippen LogP contribution in [0.25, 0.3) is 11.0 Å². The smallest absolute Gasteiger partial charge is 0.264 e. The number of fused-ring (bicyclic) bond motifs is 1. The first kappa shape index (κ1) is 19.6. The fourth-order valence-electron chi connectivity index (χ4n) is 3.44. The van der Waals surface area contributed by atoms with E-state index in [1.165, 1.54) is 24.5 Å². The summed E-state index contributed by atoms with van der Waals surface area (Å²) in [5.41, 5.74) is 1.14. The molecule has 0 bridgehead atoms. The lowest BCUT2D eigenvalue weighted by atomic mass is 10.1. The Hall–Kier alpha value is -2.71. The molecule has 1 saturated heterocycles. The summed E-state index contributed by atoms with van der Waals surface area (Å²) in [5, 5.41) is 0.329. The minimum absolute atomic E-state index is 0.0144. The van der Waals surface area contributed by atoms with E-state index < -0.39 is 10.0 Å². The lowest BCUT2D eigenvalue weighted by Crippen LogP contribution is -2.36. The van der Waals surface area contributed by atoms with Crippen LogP contribution >= 0.6 is 11.6 Å². The molecule has 1 amide bonds. The molecule has 0 aliphatic carbocycles. The van der Waals surface area contributed by atoms with Crippen molar-refractivity contribution in [2.45, 2.75) is 24.2 Å². The van der Waals surface area contributed by atoms with Gasteiger partial charge in [-0.25, -0.2) is 8.42 Å². The van der Waals surface area contributed by atoms with Gasteiger partial charge < -0.3 is 4.90 Å². The Kier molecular flexibility index (Phi) is 5.38. The largest absolute Gasteiger partial charge is 0.339 e. The van der Waals surface area contributed by atoms with Crippen LogP contribution in [0.3, 0.4) is 0 Å². The van der Waals surface area contributed by atoms with Crippen LogP contribution < -0.4 is 4.72 Å². The number of amides is 1. The molecule has 1 aliphatic rings. The molecule has 2 aromatic carbocycles. The van der Waals surface area contributed by atoms with Gasteiger partial charge in [0.25, 0.3) is 15.9 Å². The normalized spacial score (nSPS) is 14.7. The SMILES string of the molecule is O=C(c1ccc(Cl)cc1NS(=O)(=O)c1cccc2nccnc12)N1CCCCC1. The van der Waals surface area contributed by atoms with Crippen molar-refractivity contribution in [2.75, 3.05) is 17.8 Å². The minimum Gasteiger partial charge on any atom is -0.339 e. The molecular weight excluding hydrogens is 412 g/mol. The molecule has 1 N–H and O–H groups in total. The molecule has 3 aromatic rings. The van der Waals surface area contributed by atoms with Gasteiger partial charge in [-0.15, -0.1) is 0 Å². The van der Waals surface area contributed by atoms with Gasteiger partial charge in [0.2, 0.25) is 0 Å². The monoisotopic (exact) mass is 430 g/mol. The number of piperidine rings is 1. The van der Waals surface area contributed by atoms with E-state index >= 15 is 0 Å². The molecule has 1 aliphatic heterocycles. The Morgan fingerprint density at radius 3 is 2.59 bits per heavy atom. The number of hydrogen-bond acceptors (Lipinski definition) is 5. The molecule has 2 heterocycles. The van der Waals surface area contributed by atoms with Crippen LogP contribution in [0.15, 0.2) is 53.7 Å². The predicted octanol–water partition coefficient (Wildman–Crippen LogP) is 3.71. The van der Waals surface area contributed by atoms with E-state index in [-0.39, 0.29) is 27.6 Å². The molecule has 150 valence electrons. The molecule has 9 heteroatoms. The van der Waals surface area contributed by atoms with Gasteiger partial charge >= 0.3 is 0 Å². The summed E-state index contributed by atoms with van der Waals surface area (Å²) in [6.07, 6.45) is 5.90. The van der Waals surface area contributed by atoms with Crippen LogP contribution in [0.1, 0.15) is 29.6 Å². The van der Waals surface area contributed by atoms with Gasteiger partial charge in [0.15, 0.2) is 0 Å². The summed E-state index contributed by atoms with van der Waals surface area (Å²) in [4.78, 5) is 23.0. The lowest BCUT2D eigenvalue weighted by molar-refractivity contribution is 0.0725. The van der Waals surface area contributed by atoms with E-state index in [4.69, 9.17) is 11.6 Å². The average molecular weight is 431 g/mol. The van der Waals surface area contributed by atoms with E-state index in [1.54, 1.807) is 29.2 Å². The molecule has 0 saturated carbocycles. The maximum atomic E-state index is 13.1. The number of benzene rings is 2. The molecule has 7 nitrogen and oxygen atoms in total. The molecule has 0 radical (unpaired) electrons. The van der Waals surface area contributed by atoms with Crippen molar-refractivity contribution in [3.63, 3.8) is 0 Å². The van der Waals surface area contributed by atoms with Gasteiger partial charge in [-0.05, 0) is 49.6 Å². The van der Waals surface area contributed by atoms with E-state index in [0.29, 0.717) is 23.6 Å². The lowest BCUT2D eigenvalue weighted by Gasteiger charge is -2.27. The third kappa shape index (κ3) is 4.04. The van der Waals surface area contributed by atoms with E-state index in [9.17, 15) is 13.2 Å². The number of hydrogen-bond donors (Lipinski definition) is 1. The molecule has 1 fully saturated rings. The number of nitrogens with zero attached hydrogens (tertiary/aromatic N) is 3. The molecule has 0 atom stereocenters. The summed E-state index contributed by atoms with van der Waals surface area (Å²) in [6, 6.07) is 9.33. The van der Waals surface area contributed by atoms with E-state index in [2.05, 4.69) is 14.7 Å². The number of anilines is 1. The van der Waals surface area contributed by atoms with Crippen molar-refractivity contribution in [3.05, 3.63) is 59.4 Å². The number of likely N-dealkylation sites (tertiary alicyclic amines) is 1. The second-order valence-electron chi connectivity index (χ2n) is 6.83. The van der Waals surface area contributed by atoms with Gasteiger partial charge in [0.05, 0.1) is 16.8 Å². The third-order valence-corrected chi connectivity index (χ3v) is 6.48. The topological polar surface area (TPSA) is 92.3 Å². The Morgan fingerprint density at radius 2 is 1.79 bits per heavy atom. The quantitative estimate of drug-likeness (QED) is 0.681. The van der Waals surface area contributed by atoms with E-state index in [0.717, 1.165) is 19.3 Å². The first-order valence-electron chi connectivity index (χ1n) is 9.27. The summed E-state index contributed by atoms with van der Waals surface area (Å²) < 4.78 is 28.8. The van der Waals surface area contributed by atoms with Gasteiger partial charge in [-0.2, -0.15) is 0 Å². The standard InChI is InChI=1S/C20H19ClN4O3S/c21-14-7-8-15(20(26)25-11-2-1-3-12-25)17(13-14)24-29(27,28)18-6-4-5-16-19(18)23-10-9-22-16/h4-10,13,24H,1-3,11-12H2. The van der Waals surface area contributed by atoms with Crippen LogP contribution in [0, 0.1) is 0 Å². The number of aromatic nitrogens is 2. The summed E-state index contributed by atoms with van der Waals surface area (Å²) in [5.74, 6) is -0.211. The van der Waals surface area contributed by atoms with Crippen molar-refractivity contribution >= 4 is 44.3 Å². The highest BCUT2D eigenvalue weighted by Gasteiger charge is 2.25.